The van der Waals surface area contributed by atoms with E-state index < -0.39 is 13.0 Å². The lowest BCUT2D eigenvalue weighted by molar-refractivity contribution is 0.0819. The maximum absolute atomic E-state index is 11.9. The van der Waals surface area contributed by atoms with Crippen LogP contribution in [0.4, 0.5) is 8.78 Å². The van der Waals surface area contributed by atoms with Crippen molar-refractivity contribution >= 4 is 11.6 Å². The van der Waals surface area contributed by atoms with Gasteiger partial charge >= 0.3 is 0 Å². The molecule has 0 aliphatic heterocycles. The van der Waals surface area contributed by atoms with Gasteiger partial charge in [0.25, 0.3) is 6.43 Å². The molecule has 0 saturated heterocycles. The first kappa shape index (κ1) is 12.2. The highest BCUT2D eigenvalue weighted by atomic mass is 35.5. The lowest BCUT2D eigenvalue weighted by Gasteiger charge is -2.11. The molecule has 0 spiro atoms. The number of hydrogen-bond donors (Lipinski definition) is 0. The second-order valence-electron chi connectivity index (χ2n) is 3.55. The second-order valence-corrected chi connectivity index (χ2v) is 3.95. The van der Waals surface area contributed by atoms with Gasteiger partial charge in [0.1, 0.15) is 12.4 Å². The van der Waals surface area contributed by atoms with Gasteiger partial charge in [-0.15, -0.1) is 0 Å². The van der Waals surface area contributed by atoms with Gasteiger partial charge in [-0.3, -0.25) is 0 Å². The summed E-state index contributed by atoms with van der Waals surface area (Å²) in [6, 6.07) is 5.23. The molecular formula is C11H13ClF2O. The van der Waals surface area contributed by atoms with Gasteiger partial charge in [-0.1, -0.05) is 31.5 Å². The van der Waals surface area contributed by atoms with E-state index in [0.29, 0.717) is 16.7 Å². The van der Waals surface area contributed by atoms with E-state index in [0.717, 1.165) is 5.56 Å². The summed E-state index contributed by atoms with van der Waals surface area (Å²) >= 11 is 5.81. The molecule has 0 heterocycles. The van der Waals surface area contributed by atoms with Gasteiger partial charge in [0.15, 0.2) is 0 Å². The quantitative estimate of drug-likeness (QED) is 0.762. The van der Waals surface area contributed by atoms with Crippen LogP contribution in [0.3, 0.4) is 0 Å². The van der Waals surface area contributed by atoms with Crippen molar-refractivity contribution in [3.05, 3.63) is 28.8 Å². The van der Waals surface area contributed by atoms with Crippen LogP contribution in [0.1, 0.15) is 25.3 Å². The van der Waals surface area contributed by atoms with Gasteiger partial charge in [-0.25, -0.2) is 8.78 Å². The molecule has 0 radical (unpaired) electrons. The Morgan fingerprint density at radius 3 is 2.53 bits per heavy atom. The van der Waals surface area contributed by atoms with Crippen LogP contribution in [0, 0.1) is 0 Å². The molecule has 0 amide bonds. The van der Waals surface area contributed by atoms with Crippen LogP contribution in [0.15, 0.2) is 18.2 Å². The molecule has 1 rings (SSSR count). The number of ether oxygens (including phenoxy) is 1. The topological polar surface area (TPSA) is 9.23 Å². The summed E-state index contributed by atoms with van der Waals surface area (Å²) < 4.78 is 28.8. The average molecular weight is 235 g/mol. The molecule has 0 unspecified atom stereocenters. The Morgan fingerprint density at radius 1 is 1.33 bits per heavy atom. The van der Waals surface area contributed by atoms with Crippen molar-refractivity contribution in [3.63, 3.8) is 0 Å². The molecule has 0 aliphatic rings. The maximum atomic E-state index is 11.9. The van der Waals surface area contributed by atoms with Gasteiger partial charge in [0, 0.05) is 0 Å². The first-order chi connectivity index (χ1) is 7.00. The van der Waals surface area contributed by atoms with Crippen molar-refractivity contribution in [2.75, 3.05) is 6.61 Å². The van der Waals surface area contributed by atoms with E-state index in [1.165, 1.54) is 0 Å². The third kappa shape index (κ3) is 3.67. The normalized spacial score (nSPS) is 11.1. The molecule has 0 N–H and O–H groups in total. The first-order valence-electron chi connectivity index (χ1n) is 4.71. The molecule has 1 aromatic rings. The van der Waals surface area contributed by atoms with Crippen LogP contribution in [0.2, 0.25) is 5.02 Å². The third-order valence-corrected chi connectivity index (χ3v) is 2.30. The van der Waals surface area contributed by atoms with E-state index in [-0.39, 0.29) is 0 Å². The summed E-state index contributed by atoms with van der Waals surface area (Å²) in [7, 11) is 0. The van der Waals surface area contributed by atoms with Crippen molar-refractivity contribution in [2.45, 2.75) is 26.2 Å². The number of rotatable bonds is 4. The van der Waals surface area contributed by atoms with E-state index in [4.69, 9.17) is 16.3 Å². The average Bonchev–Trinajstić information content (AvgIpc) is 2.16. The Hall–Kier alpha value is -0.830. The first-order valence-corrected chi connectivity index (χ1v) is 5.09. The minimum Gasteiger partial charge on any atom is -0.486 e. The Labute approximate surface area is 93.0 Å². The van der Waals surface area contributed by atoms with Gasteiger partial charge in [0.05, 0.1) is 5.02 Å². The maximum Gasteiger partial charge on any atom is 0.272 e. The summed E-state index contributed by atoms with van der Waals surface area (Å²) in [4.78, 5) is 0. The molecule has 0 bridgehead atoms. The predicted molar refractivity (Wildman–Crippen MR) is 57.0 cm³/mol. The molecule has 4 heteroatoms. The molecule has 0 atom stereocenters. The van der Waals surface area contributed by atoms with Crippen molar-refractivity contribution in [1.82, 2.24) is 0 Å². The van der Waals surface area contributed by atoms with Gasteiger partial charge in [-0.05, 0) is 23.6 Å². The number of alkyl halides is 2. The van der Waals surface area contributed by atoms with Crippen LogP contribution in [0.25, 0.3) is 0 Å². The Kier molecular flexibility index (Phi) is 4.33. The molecule has 0 aliphatic carbocycles. The van der Waals surface area contributed by atoms with E-state index in [2.05, 4.69) is 0 Å². The summed E-state index contributed by atoms with van der Waals surface area (Å²) in [5.74, 6) is 0.638. The highest BCUT2D eigenvalue weighted by Crippen LogP contribution is 2.28. The Morgan fingerprint density at radius 2 is 2.00 bits per heavy atom. The molecular weight excluding hydrogens is 222 g/mol. The zero-order valence-electron chi connectivity index (χ0n) is 8.64. The minimum atomic E-state index is -2.48. The minimum absolute atomic E-state index is 0.316. The summed E-state index contributed by atoms with van der Waals surface area (Å²) in [5, 5.41) is 0.361. The third-order valence-electron chi connectivity index (χ3n) is 1.99. The fourth-order valence-electron chi connectivity index (χ4n) is 1.14. The van der Waals surface area contributed by atoms with Crippen molar-refractivity contribution in [2.24, 2.45) is 0 Å². The van der Waals surface area contributed by atoms with Crippen molar-refractivity contribution < 1.29 is 13.5 Å². The Bertz CT molecular complexity index is 326. The van der Waals surface area contributed by atoms with Gasteiger partial charge in [0.2, 0.25) is 0 Å². The highest BCUT2D eigenvalue weighted by Gasteiger charge is 2.09. The fourth-order valence-corrected chi connectivity index (χ4v) is 1.31. The SMILES string of the molecule is CC(C)c1ccc(Cl)c(OCC(F)F)c1. The summed E-state index contributed by atoms with van der Waals surface area (Å²) in [6.07, 6.45) is -2.48. The Balaban J connectivity index is 2.81. The lowest BCUT2D eigenvalue weighted by atomic mass is 10.0. The van der Waals surface area contributed by atoms with Crippen molar-refractivity contribution in [1.29, 1.82) is 0 Å². The van der Waals surface area contributed by atoms with Gasteiger partial charge in [-0.2, -0.15) is 0 Å². The number of benzene rings is 1. The van der Waals surface area contributed by atoms with Crippen LogP contribution >= 0.6 is 11.6 Å². The molecule has 1 aromatic carbocycles. The predicted octanol–water partition coefficient (Wildman–Crippen LogP) is 4.11. The second kappa shape index (κ2) is 5.31. The van der Waals surface area contributed by atoms with Crippen LogP contribution in [0.5, 0.6) is 5.75 Å². The molecule has 15 heavy (non-hydrogen) atoms. The smallest absolute Gasteiger partial charge is 0.272 e. The van der Waals surface area contributed by atoms with Gasteiger partial charge < -0.3 is 4.74 Å². The van der Waals surface area contributed by atoms with E-state index >= 15 is 0 Å². The van der Waals surface area contributed by atoms with E-state index in [1.807, 2.05) is 19.9 Å². The molecule has 0 saturated carbocycles. The molecule has 0 fully saturated rings. The molecule has 84 valence electrons. The summed E-state index contributed by atoms with van der Waals surface area (Å²) in [6.45, 7) is 3.40. The summed E-state index contributed by atoms with van der Waals surface area (Å²) in [5.41, 5.74) is 1.02. The van der Waals surface area contributed by atoms with E-state index in [1.54, 1.807) is 12.1 Å². The monoisotopic (exact) mass is 234 g/mol. The fraction of sp³-hybridized carbons (Fsp3) is 0.455. The zero-order chi connectivity index (χ0) is 11.4. The zero-order valence-corrected chi connectivity index (χ0v) is 9.39. The molecule has 1 nitrogen and oxygen atoms in total. The lowest BCUT2D eigenvalue weighted by Crippen LogP contribution is -2.07. The van der Waals surface area contributed by atoms with Crippen LogP contribution < -0.4 is 4.74 Å². The number of halogens is 3. The number of hydrogen-bond acceptors (Lipinski definition) is 1. The highest BCUT2D eigenvalue weighted by molar-refractivity contribution is 6.32. The largest absolute Gasteiger partial charge is 0.486 e. The standard InChI is InChI=1S/C11H13ClF2O/c1-7(2)8-3-4-9(12)10(5-8)15-6-11(13)14/h3-5,7,11H,6H2,1-2H3. The molecule has 0 aromatic heterocycles. The van der Waals surface area contributed by atoms with Crippen LogP contribution in [-0.2, 0) is 0 Å². The van der Waals surface area contributed by atoms with Crippen molar-refractivity contribution in [3.8, 4) is 5.75 Å². The van der Waals surface area contributed by atoms with Crippen LogP contribution in [-0.4, -0.2) is 13.0 Å². The van der Waals surface area contributed by atoms with E-state index in [9.17, 15) is 8.78 Å².